The molecule has 1 aliphatic rings. The first-order chi connectivity index (χ1) is 14.2. The number of ether oxygens (including phenoxy) is 1. The smallest absolute Gasteiger partial charge is 0.330 e. The van der Waals surface area contributed by atoms with Gasteiger partial charge in [-0.3, -0.25) is 9.13 Å². The highest BCUT2D eigenvalue weighted by molar-refractivity contribution is 5.71. The molecule has 3 aromatic rings. The fourth-order valence-electron chi connectivity index (χ4n) is 4.04. The molecule has 0 spiro atoms. The van der Waals surface area contributed by atoms with Gasteiger partial charge in [-0.25, -0.2) is 9.78 Å². The normalized spacial score (nSPS) is 14.7. The van der Waals surface area contributed by atoms with Gasteiger partial charge in [-0.2, -0.15) is 4.98 Å². The average molecular weight is 396 g/mol. The zero-order valence-electron chi connectivity index (χ0n) is 17.0. The molecule has 2 aromatic heterocycles. The van der Waals surface area contributed by atoms with Gasteiger partial charge in [0.15, 0.2) is 5.65 Å². The second-order valence-electron chi connectivity index (χ2n) is 7.76. The summed E-state index contributed by atoms with van der Waals surface area (Å²) < 4.78 is 9.35. The second-order valence-corrected chi connectivity index (χ2v) is 7.76. The van der Waals surface area contributed by atoms with E-state index in [1.807, 2.05) is 28.8 Å². The minimum atomic E-state index is -0.0187. The molecule has 2 N–H and O–H groups in total. The molecule has 0 atom stereocenters. The molecule has 2 heterocycles. The van der Waals surface area contributed by atoms with Gasteiger partial charge in [0, 0.05) is 12.6 Å². The summed E-state index contributed by atoms with van der Waals surface area (Å²) in [6.45, 7) is 3.66. The maximum absolute atomic E-state index is 13.4. The lowest BCUT2D eigenvalue weighted by molar-refractivity contribution is 0.286. The van der Waals surface area contributed by atoms with Crippen LogP contribution >= 0.6 is 0 Å². The van der Waals surface area contributed by atoms with Gasteiger partial charge in [0.25, 0.3) is 0 Å². The highest BCUT2D eigenvalue weighted by Gasteiger charge is 2.25. The van der Waals surface area contributed by atoms with Crippen LogP contribution in [-0.4, -0.2) is 25.7 Å². The van der Waals surface area contributed by atoms with E-state index in [2.05, 4.69) is 16.9 Å². The van der Waals surface area contributed by atoms with Crippen LogP contribution < -0.4 is 16.2 Å². The number of unbranched alkanes of at least 4 members (excludes halogenated alkanes) is 1. The Labute approximate surface area is 170 Å². The summed E-state index contributed by atoms with van der Waals surface area (Å²) in [4.78, 5) is 22.4. The zero-order valence-corrected chi connectivity index (χ0v) is 17.0. The first kappa shape index (κ1) is 19.6. The summed E-state index contributed by atoms with van der Waals surface area (Å²) in [5.74, 6) is 0. The molecule has 29 heavy (non-hydrogen) atoms. The maximum atomic E-state index is 13.4. The van der Waals surface area contributed by atoms with Crippen LogP contribution in [0.15, 0.2) is 35.3 Å². The van der Waals surface area contributed by atoms with Crippen molar-refractivity contribution in [1.29, 1.82) is 0 Å². The largest absolute Gasteiger partial charge is 0.463 e. The van der Waals surface area contributed by atoms with E-state index in [-0.39, 0.29) is 11.7 Å². The first-order valence-electron chi connectivity index (χ1n) is 10.6. The SMILES string of the molecule is CCCCOc1ncc2c(n1)n(Cc1ccc(CN)cc1)c(=O)n2C1CCCC1. The minimum Gasteiger partial charge on any atom is -0.463 e. The molecule has 0 amide bonds. The molecule has 0 bridgehead atoms. The fraction of sp³-hybridized carbons (Fsp3) is 0.500. The summed E-state index contributed by atoms with van der Waals surface area (Å²) in [5, 5.41) is 0. The number of nitrogens with two attached hydrogens (primary N) is 1. The molecule has 4 rings (SSSR count). The van der Waals surface area contributed by atoms with Crippen molar-refractivity contribution in [2.24, 2.45) is 5.73 Å². The van der Waals surface area contributed by atoms with Crippen molar-refractivity contribution in [1.82, 2.24) is 19.1 Å². The standard InChI is InChI=1S/C22H29N5O2/c1-2-3-12-29-21-24-14-19-20(25-21)26(15-17-10-8-16(13-23)9-11-17)22(28)27(19)18-6-4-5-7-18/h8-11,14,18H,2-7,12-13,15,23H2,1H3. The fourth-order valence-corrected chi connectivity index (χ4v) is 4.04. The third-order valence-corrected chi connectivity index (χ3v) is 5.70. The van der Waals surface area contributed by atoms with Gasteiger partial charge in [0.05, 0.1) is 19.3 Å². The van der Waals surface area contributed by atoms with Gasteiger partial charge in [-0.1, -0.05) is 50.5 Å². The molecule has 0 unspecified atom stereocenters. The van der Waals surface area contributed by atoms with Gasteiger partial charge in [0.1, 0.15) is 5.52 Å². The lowest BCUT2D eigenvalue weighted by Crippen LogP contribution is -2.27. The van der Waals surface area contributed by atoms with Crippen molar-refractivity contribution in [3.8, 4) is 6.01 Å². The number of fused-ring (bicyclic) bond motifs is 1. The summed E-state index contributed by atoms with van der Waals surface area (Å²) >= 11 is 0. The average Bonchev–Trinajstić information content (AvgIpc) is 3.36. The summed E-state index contributed by atoms with van der Waals surface area (Å²) in [6, 6.07) is 8.61. The summed E-state index contributed by atoms with van der Waals surface area (Å²) in [6.07, 6.45) is 8.11. The van der Waals surface area contributed by atoms with Crippen molar-refractivity contribution < 1.29 is 4.74 Å². The molecule has 0 radical (unpaired) electrons. The highest BCUT2D eigenvalue weighted by atomic mass is 16.5. The van der Waals surface area contributed by atoms with Crippen molar-refractivity contribution in [2.75, 3.05) is 6.61 Å². The number of hydrogen-bond donors (Lipinski definition) is 1. The number of benzene rings is 1. The Balaban J connectivity index is 1.75. The molecule has 7 nitrogen and oxygen atoms in total. The van der Waals surface area contributed by atoms with E-state index in [0.717, 1.165) is 55.2 Å². The van der Waals surface area contributed by atoms with Crippen LogP contribution in [0.1, 0.15) is 62.6 Å². The van der Waals surface area contributed by atoms with E-state index >= 15 is 0 Å². The van der Waals surface area contributed by atoms with Crippen LogP contribution in [0.5, 0.6) is 6.01 Å². The third kappa shape index (κ3) is 4.05. The molecule has 1 saturated carbocycles. The molecule has 1 aliphatic carbocycles. The van der Waals surface area contributed by atoms with Crippen LogP contribution in [0, 0.1) is 0 Å². The Morgan fingerprint density at radius 3 is 2.59 bits per heavy atom. The lowest BCUT2D eigenvalue weighted by atomic mass is 10.1. The number of rotatable bonds is 8. The number of imidazole rings is 1. The van der Waals surface area contributed by atoms with Crippen LogP contribution in [0.3, 0.4) is 0 Å². The molecule has 1 fully saturated rings. The van der Waals surface area contributed by atoms with Gasteiger partial charge in [0.2, 0.25) is 0 Å². The van der Waals surface area contributed by atoms with Crippen molar-refractivity contribution >= 4 is 11.2 Å². The first-order valence-corrected chi connectivity index (χ1v) is 10.6. The monoisotopic (exact) mass is 395 g/mol. The van der Waals surface area contributed by atoms with Crippen LogP contribution in [0.25, 0.3) is 11.2 Å². The third-order valence-electron chi connectivity index (χ3n) is 5.70. The molecular weight excluding hydrogens is 366 g/mol. The Bertz CT molecular complexity index is 1020. The minimum absolute atomic E-state index is 0.0187. The maximum Gasteiger partial charge on any atom is 0.330 e. The number of nitrogens with zero attached hydrogens (tertiary/aromatic N) is 4. The molecule has 154 valence electrons. The number of hydrogen-bond acceptors (Lipinski definition) is 5. The number of aromatic nitrogens is 4. The Morgan fingerprint density at radius 1 is 1.17 bits per heavy atom. The molecule has 0 saturated heterocycles. The zero-order chi connectivity index (χ0) is 20.2. The van der Waals surface area contributed by atoms with Gasteiger partial charge >= 0.3 is 11.7 Å². The Morgan fingerprint density at radius 2 is 1.90 bits per heavy atom. The molecule has 7 heteroatoms. The quantitative estimate of drug-likeness (QED) is 0.591. The summed E-state index contributed by atoms with van der Waals surface area (Å²) in [7, 11) is 0. The predicted octanol–water partition coefficient (Wildman–Crippen LogP) is 3.39. The van der Waals surface area contributed by atoms with E-state index in [9.17, 15) is 4.79 Å². The van der Waals surface area contributed by atoms with E-state index in [1.54, 1.807) is 10.8 Å². The summed E-state index contributed by atoms with van der Waals surface area (Å²) in [5.41, 5.74) is 9.24. The molecule has 0 aliphatic heterocycles. The van der Waals surface area contributed by atoms with Gasteiger partial charge in [-0.15, -0.1) is 0 Å². The van der Waals surface area contributed by atoms with Crippen LogP contribution in [-0.2, 0) is 13.1 Å². The Kier molecular flexibility index (Phi) is 5.94. The van der Waals surface area contributed by atoms with Crippen molar-refractivity contribution in [3.63, 3.8) is 0 Å². The van der Waals surface area contributed by atoms with E-state index in [0.29, 0.717) is 31.4 Å². The van der Waals surface area contributed by atoms with Crippen molar-refractivity contribution in [3.05, 3.63) is 52.1 Å². The van der Waals surface area contributed by atoms with E-state index in [1.165, 1.54) is 0 Å². The second kappa shape index (κ2) is 8.78. The van der Waals surface area contributed by atoms with E-state index < -0.39 is 0 Å². The van der Waals surface area contributed by atoms with Crippen LogP contribution in [0.2, 0.25) is 0 Å². The Hall–Kier alpha value is -2.67. The van der Waals surface area contributed by atoms with Crippen LogP contribution in [0.4, 0.5) is 0 Å². The van der Waals surface area contributed by atoms with E-state index in [4.69, 9.17) is 10.5 Å². The molecular formula is C22H29N5O2. The predicted molar refractivity (Wildman–Crippen MR) is 113 cm³/mol. The molecule has 1 aromatic carbocycles. The lowest BCUT2D eigenvalue weighted by Gasteiger charge is -2.10. The van der Waals surface area contributed by atoms with Crippen molar-refractivity contribution in [2.45, 2.75) is 64.6 Å². The topological polar surface area (TPSA) is 88.0 Å². The van der Waals surface area contributed by atoms with Gasteiger partial charge in [-0.05, 0) is 30.4 Å². The van der Waals surface area contributed by atoms with Gasteiger partial charge < -0.3 is 10.5 Å². The highest BCUT2D eigenvalue weighted by Crippen LogP contribution is 2.31.